The fraction of sp³-hybridized carbons (Fsp3) is 0.400. The van der Waals surface area contributed by atoms with Crippen LogP contribution in [0.1, 0.15) is 0 Å². The smallest absolute Gasteiger partial charge is 0.242 e. The monoisotopic (exact) mass is 307 g/mol. The first kappa shape index (κ1) is 16.1. The second-order valence-corrected chi connectivity index (χ2v) is 7.87. The third-order valence-electron chi connectivity index (χ3n) is 2.33. The first-order chi connectivity index (χ1) is 8.71. The van der Waals surface area contributed by atoms with Crippen molar-refractivity contribution in [1.82, 2.24) is 9.03 Å². The molecule has 1 aromatic rings. The van der Waals surface area contributed by atoms with E-state index in [2.05, 4.69) is 4.72 Å². The Labute approximate surface area is 113 Å². The van der Waals surface area contributed by atoms with Gasteiger partial charge >= 0.3 is 0 Å². The Morgan fingerprint density at radius 3 is 2.26 bits per heavy atom. The van der Waals surface area contributed by atoms with Crippen molar-refractivity contribution >= 4 is 20.0 Å². The molecule has 0 aliphatic heterocycles. The standard InChI is InChI=1S/C10H17N3O4S2/c1-13(2)19(16,17)10-5-3-4-9(8-10)18(14,15)12-7-6-11/h3-5,8,12H,6-7,11H2,1-2H3. The number of hydrogen-bond donors (Lipinski definition) is 2. The van der Waals surface area contributed by atoms with E-state index in [0.717, 1.165) is 10.4 Å². The van der Waals surface area contributed by atoms with E-state index in [1.807, 2.05) is 0 Å². The Morgan fingerprint density at radius 2 is 1.74 bits per heavy atom. The first-order valence-corrected chi connectivity index (χ1v) is 8.36. The Bertz CT molecular complexity index is 638. The van der Waals surface area contributed by atoms with E-state index in [-0.39, 0.29) is 22.9 Å². The van der Waals surface area contributed by atoms with Crippen molar-refractivity contribution in [3.05, 3.63) is 24.3 Å². The molecule has 0 atom stereocenters. The third-order valence-corrected chi connectivity index (χ3v) is 5.60. The Balaban J connectivity index is 3.22. The van der Waals surface area contributed by atoms with Gasteiger partial charge in [0, 0.05) is 27.2 Å². The van der Waals surface area contributed by atoms with E-state index >= 15 is 0 Å². The highest BCUT2D eigenvalue weighted by atomic mass is 32.2. The van der Waals surface area contributed by atoms with Gasteiger partial charge < -0.3 is 5.73 Å². The minimum Gasteiger partial charge on any atom is -0.329 e. The van der Waals surface area contributed by atoms with Crippen molar-refractivity contribution in [2.24, 2.45) is 5.73 Å². The van der Waals surface area contributed by atoms with Gasteiger partial charge in [0.15, 0.2) is 0 Å². The fourth-order valence-electron chi connectivity index (χ4n) is 1.29. The minimum absolute atomic E-state index is 0.0758. The molecular formula is C10H17N3O4S2. The lowest BCUT2D eigenvalue weighted by Crippen LogP contribution is -2.29. The molecule has 7 nitrogen and oxygen atoms in total. The number of sulfonamides is 2. The van der Waals surface area contributed by atoms with Gasteiger partial charge in [-0.1, -0.05) is 6.07 Å². The number of nitrogens with one attached hydrogen (secondary N) is 1. The zero-order valence-electron chi connectivity index (χ0n) is 10.7. The van der Waals surface area contributed by atoms with Crippen LogP contribution in [0, 0.1) is 0 Å². The highest BCUT2D eigenvalue weighted by Crippen LogP contribution is 2.17. The number of benzene rings is 1. The molecule has 0 unspecified atom stereocenters. The molecule has 0 spiro atoms. The summed E-state index contributed by atoms with van der Waals surface area (Å²) in [6, 6.07) is 5.17. The third kappa shape index (κ3) is 3.74. The maximum Gasteiger partial charge on any atom is 0.242 e. The van der Waals surface area contributed by atoms with Crippen LogP contribution in [0.2, 0.25) is 0 Å². The largest absolute Gasteiger partial charge is 0.329 e. The van der Waals surface area contributed by atoms with Crippen molar-refractivity contribution < 1.29 is 16.8 Å². The minimum atomic E-state index is -3.74. The SMILES string of the molecule is CN(C)S(=O)(=O)c1cccc(S(=O)(=O)NCCN)c1. The van der Waals surface area contributed by atoms with Crippen LogP contribution in [0.15, 0.2) is 34.1 Å². The van der Waals surface area contributed by atoms with E-state index < -0.39 is 20.0 Å². The van der Waals surface area contributed by atoms with E-state index in [1.165, 1.54) is 32.3 Å². The molecule has 0 saturated heterocycles. The summed E-state index contributed by atoms with van der Waals surface area (Å²) in [5.41, 5.74) is 5.22. The van der Waals surface area contributed by atoms with Crippen LogP contribution >= 0.6 is 0 Å². The van der Waals surface area contributed by atoms with Crippen LogP contribution in [0.3, 0.4) is 0 Å². The average Bonchev–Trinajstić information content (AvgIpc) is 2.36. The van der Waals surface area contributed by atoms with Crippen LogP contribution in [0.25, 0.3) is 0 Å². The molecular weight excluding hydrogens is 290 g/mol. The Kier molecular flexibility index (Phi) is 5.04. The lowest BCUT2D eigenvalue weighted by atomic mass is 10.4. The van der Waals surface area contributed by atoms with E-state index in [1.54, 1.807) is 0 Å². The second-order valence-electron chi connectivity index (χ2n) is 3.95. The van der Waals surface area contributed by atoms with Gasteiger partial charge in [-0.05, 0) is 18.2 Å². The predicted molar refractivity (Wildman–Crippen MR) is 71.6 cm³/mol. The van der Waals surface area contributed by atoms with Crippen molar-refractivity contribution in [2.75, 3.05) is 27.2 Å². The van der Waals surface area contributed by atoms with E-state index in [4.69, 9.17) is 5.73 Å². The van der Waals surface area contributed by atoms with Gasteiger partial charge in [0.2, 0.25) is 20.0 Å². The molecule has 0 aliphatic rings. The summed E-state index contributed by atoms with van der Waals surface area (Å²) < 4.78 is 50.9. The number of nitrogens with two attached hydrogens (primary N) is 1. The van der Waals surface area contributed by atoms with Crippen molar-refractivity contribution in [3.63, 3.8) is 0 Å². The molecule has 0 aliphatic carbocycles. The molecule has 0 fully saturated rings. The van der Waals surface area contributed by atoms with Gasteiger partial charge in [-0.3, -0.25) is 0 Å². The molecule has 1 rings (SSSR count). The molecule has 9 heteroatoms. The zero-order valence-corrected chi connectivity index (χ0v) is 12.3. The lowest BCUT2D eigenvalue weighted by Gasteiger charge is -2.12. The molecule has 0 radical (unpaired) electrons. The summed E-state index contributed by atoms with van der Waals surface area (Å²) in [7, 11) is -4.65. The van der Waals surface area contributed by atoms with Crippen LogP contribution in [-0.2, 0) is 20.0 Å². The summed E-state index contributed by atoms with van der Waals surface area (Å²) in [6.45, 7) is 0.252. The molecule has 0 bridgehead atoms. The van der Waals surface area contributed by atoms with E-state index in [9.17, 15) is 16.8 Å². The fourth-order valence-corrected chi connectivity index (χ4v) is 3.41. The number of hydrogen-bond acceptors (Lipinski definition) is 5. The maximum absolute atomic E-state index is 11.9. The summed E-state index contributed by atoms with van der Waals surface area (Å²) in [6.07, 6.45) is 0. The van der Waals surface area contributed by atoms with Crippen LogP contribution in [0.5, 0.6) is 0 Å². The Morgan fingerprint density at radius 1 is 1.16 bits per heavy atom. The number of nitrogens with zero attached hydrogens (tertiary/aromatic N) is 1. The van der Waals surface area contributed by atoms with Crippen LogP contribution < -0.4 is 10.5 Å². The lowest BCUT2D eigenvalue weighted by molar-refractivity contribution is 0.520. The zero-order chi connectivity index (χ0) is 14.7. The second kappa shape index (κ2) is 5.97. The molecule has 108 valence electrons. The van der Waals surface area contributed by atoms with Crippen molar-refractivity contribution in [3.8, 4) is 0 Å². The summed E-state index contributed by atoms with van der Waals surface area (Å²) in [5.74, 6) is 0. The van der Waals surface area contributed by atoms with Crippen LogP contribution in [0.4, 0.5) is 0 Å². The maximum atomic E-state index is 11.9. The summed E-state index contributed by atoms with van der Waals surface area (Å²) in [5, 5.41) is 0. The predicted octanol–water partition coefficient (Wildman–Crippen LogP) is -0.826. The van der Waals surface area contributed by atoms with E-state index in [0.29, 0.717) is 0 Å². The van der Waals surface area contributed by atoms with Gasteiger partial charge in [0.25, 0.3) is 0 Å². The molecule has 0 saturated carbocycles. The molecule has 0 aromatic heterocycles. The van der Waals surface area contributed by atoms with Gasteiger partial charge in [0.1, 0.15) is 0 Å². The molecule has 0 heterocycles. The molecule has 1 aromatic carbocycles. The van der Waals surface area contributed by atoms with Gasteiger partial charge in [-0.25, -0.2) is 25.9 Å². The van der Waals surface area contributed by atoms with Gasteiger partial charge in [-0.15, -0.1) is 0 Å². The summed E-state index contributed by atoms with van der Waals surface area (Å²) >= 11 is 0. The van der Waals surface area contributed by atoms with Crippen molar-refractivity contribution in [2.45, 2.75) is 9.79 Å². The molecule has 3 N–H and O–H groups in total. The average molecular weight is 307 g/mol. The summed E-state index contributed by atoms with van der Waals surface area (Å²) in [4.78, 5) is -0.183. The molecule has 19 heavy (non-hydrogen) atoms. The van der Waals surface area contributed by atoms with Gasteiger partial charge in [-0.2, -0.15) is 0 Å². The topological polar surface area (TPSA) is 110 Å². The highest BCUT2D eigenvalue weighted by molar-refractivity contribution is 7.90. The Hall–Kier alpha value is -1.00. The first-order valence-electron chi connectivity index (χ1n) is 5.44. The number of rotatable bonds is 6. The van der Waals surface area contributed by atoms with Gasteiger partial charge in [0.05, 0.1) is 9.79 Å². The molecule has 0 amide bonds. The van der Waals surface area contributed by atoms with Crippen molar-refractivity contribution in [1.29, 1.82) is 0 Å². The van der Waals surface area contributed by atoms with Crippen LogP contribution in [-0.4, -0.2) is 48.3 Å². The highest BCUT2D eigenvalue weighted by Gasteiger charge is 2.20. The normalized spacial score (nSPS) is 12.8. The quantitative estimate of drug-likeness (QED) is 0.713.